The van der Waals surface area contributed by atoms with Gasteiger partial charge < -0.3 is 20.1 Å². The topological polar surface area (TPSA) is 94.7 Å². The molecule has 3 N–H and O–H groups in total. The molecule has 168 valence electrons. The highest BCUT2D eigenvalue weighted by Gasteiger charge is 2.15. The molecule has 4 aromatic rings. The van der Waals surface area contributed by atoms with Crippen molar-refractivity contribution < 1.29 is 18.3 Å². The fraction of sp³-hybridized carbons (Fsp3) is 0.217. The molecule has 0 radical (unpaired) electrons. The van der Waals surface area contributed by atoms with Gasteiger partial charge in [-0.25, -0.2) is 11.7 Å². The van der Waals surface area contributed by atoms with Gasteiger partial charge in [0.05, 0.1) is 39.7 Å². The van der Waals surface area contributed by atoms with Gasteiger partial charge in [-0.1, -0.05) is 30.3 Å². The van der Waals surface area contributed by atoms with Crippen molar-refractivity contribution in [2.24, 2.45) is 0 Å². The fourth-order valence-electron chi connectivity index (χ4n) is 3.53. The molecule has 0 bridgehead atoms. The number of aliphatic hydroxyl groups is 1. The Morgan fingerprint density at radius 1 is 1.06 bits per heavy atom. The number of aromatic nitrogens is 1. The van der Waals surface area contributed by atoms with Crippen molar-refractivity contribution in [1.82, 2.24) is 10.3 Å². The minimum atomic E-state index is -3.39. The van der Waals surface area contributed by atoms with E-state index in [0.717, 1.165) is 26.4 Å². The summed E-state index contributed by atoms with van der Waals surface area (Å²) >= 11 is 3.02. The van der Waals surface area contributed by atoms with Crippen LogP contribution in [0.4, 0.5) is 5.69 Å². The number of fused-ring (bicyclic) bond motifs is 3. The quantitative estimate of drug-likeness (QED) is 0.229. The van der Waals surface area contributed by atoms with Gasteiger partial charge in [0.2, 0.25) is 10.0 Å². The first-order chi connectivity index (χ1) is 15.3. The van der Waals surface area contributed by atoms with E-state index < -0.39 is 16.1 Å². The Bertz CT molecular complexity index is 1320. The lowest BCUT2D eigenvalue weighted by Gasteiger charge is -2.16. The lowest BCUT2D eigenvalue weighted by molar-refractivity contribution is 0.172. The predicted octanol–water partition coefficient (Wildman–Crippen LogP) is 4.10. The second-order valence-electron chi connectivity index (χ2n) is 7.52. The maximum Gasteiger partial charge on any atom is 0.241 e. The summed E-state index contributed by atoms with van der Waals surface area (Å²) in [6.07, 6.45) is 0.392. The number of nitrogens with zero attached hydrogens (tertiary/aromatic N) is 1. The molecule has 32 heavy (non-hydrogen) atoms. The van der Waals surface area contributed by atoms with Crippen molar-refractivity contribution in [3.05, 3.63) is 72.3 Å². The average molecular weight is 518 g/mol. The molecule has 0 saturated heterocycles. The van der Waals surface area contributed by atoms with Gasteiger partial charge >= 0.3 is 0 Å². The van der Waals surface area contributed by atoms with E-state index in [4.69, 9.17) is 4.74 Å². The molecule has 1 heterocycles. The van der Waals surface area contributed by atoms with Crippen molar-refractivity contribution in [1.29, 1.82) is 0 Å². The van der Waals surface area contributed by atoms with Crippen LogP contribution in [0.15, 0.2) is 66.7 Å². The second kappa shape index (κ2) is 9.50. The van der Waals surface area contributed by atoms with E-state index in [9.17, 15) is 13.5 Å². The van der Waals surface area contributed by atoms with Crippen molar-refractivity contribution >= 4 is 53.7 Å². The number of halogens is 1. The first-order valence-electron chi connectivity index (χ1n) is 10.1. The van der Waals surface area contributed by atoms with Gasteiger partial charge in [0.1, 0.15) is 12.4 Å². The zero-order valence-electron chi connectivity index (χ0n) is 17.5. The van der Waals surface area contributed by atoms with Gasteiger partial charge in [-0.05, 0) is 35.9 Å². The van der Waals surface area contributed by atoms with Crippen LogP contribution in [0.1, 0.15) is 11.7 Å². The molecular formula is C23H24BrN3O4S. The van der Waals surface area contributed by atoms with Crippen LogP contribution in [-0.4, -0.2) is 44.5 Å². The van der Waals surface area contributed by atoms with E-state index in [-0.39, 0.29) is 0 Å². The predicted molar refractivity (Wildman–Crippen MR) is 132 cm³/mol. The molecule has 0 saturated carbocycles. The van der Waals surface area contributed by atoms with Crippen LogP contribution in [0.25, 0.3) is 21.8 Å². The molecule has 4 rings (SSSR count). The average Bonchev–Trinajstić information content (AvgIpc) is 3.15. The van der Waals surface area contributed by atoms with Gasteiger partial charge in [0.15, 0.2) is 0 Å². The summed E-state index contributed by atoms with van der Waals surface area (Å²) in [5.41, 5.74) is 3.30. The van der Waals surface area contributed by atoms with Crippen LogP contribution in [-0.2, 0) is 10.0 Å². The molecular weight excluding hydrogens is 494 g/mol. The highest BCUT2D eigenvalue weighted by molar-refractivity contribution is 9.11. The SMILES string of the molecule is CS(=O)(=O)N(Br)c1ccc(C(O)CNCCOc2ccc3c(c2)[nH]c2ccccc23)cc1. The molecule has 0 spiro atoms. The molecule has 0 fully saturated rings. The Kier molecular flexibility index (Phi) is 6.71. The van der Waals surface area contributed by atoms with Crippen LogP contribution < -0.4 is 13.4 Å². The number of benzene rings is 3. The molecule has 1 atom stereocenters. The number of rotatable bonds is 9. The number of nitrogens with one attached hydrogen (secondary N) is 2. The third kappa shape index (κ3) is 5.07. The minimum absolute atomic E-state index is 0.355. The maximum absolute atomic E-state index is 11.6. The normalized spacial score (nSPS) is 12.8. The highest BCUT2D eigenvalue weighted by Crippen LogP contribution is 2.28. The Morgan fingerprint density at radius 3 is 2.53 bits per heavy atom. The zero-order chi connectivity index (χ0) is 22.7. The molecule has 7 nitrogen and oxygen atoms in total. The number of para-hydroxylation sites is 1. The number of H-pyrrole nitrogens is 1. The Balaban J connectivity index is 1.26. The number of hydrogen-bond acceptors (Lipinski definition) is 5. The molecule has 0 aliphatic heterocycles. The third-order valence-corrected chi connectivity index (χ3v) is 7.92. The van der Waals surface area contributed by atoms with E-state index in [2.05, 4.69) is 44.6 Å². The summed E-state index contributed by atoms with van der Waals surface area (Å²) in [6, 6.07) is 20.9. The van der Waals surface area contributed by atoms with E-state index in [1.807, 2.05) is 24.3 Å². The minimum Gasteiger partial charge on any atom is -0.492 e. The van der Waals surface area contributed by atoms with Crippen LogP contribution in [0.5, 0.6) is 5.75 Å². The molecule has 0 amide bonds. The molecule has 1 aromatic heterocycles. The summed E-state index contributed by atoms with van der Waals surface area (Å²) in [6.45, 7) is 1.39. The first kappa shape index (κ1) is 22.6. The van der Waals surface area contributed by atoms with Crippen molar-refractivity contribution in [3.63, 3.8) is 0 Å². The molecule has 9 heteroatoms. The summed E-state index contributed by atoms with van der Waals surface area (Å²) in [4.78, 5) is 3.40. The van der Waals surface area contributed by atoms with Crippen LogP contribution in [0.3, 0.4) is 0 Å². The number of sulfonamides is 1. The second-order valence-corrected chi connectivity index (χ2v) is 10.5. The van der Waals surface area contributed by atoms with Gasteiger partial charge in [-0.15, -0.1) is 0 Å². The summed E-state index contributed by atoms with van der Waals surface area (Å²) in [7, 11) is -3.39. The number of ether oxygens (including phenoxy) is 1. The Morgan fingerprint density at radius 2 is 1.78 bits per heavy atom. The van der Waals surface area contributed by atoms with E-state index in [1.54, 1.807) is 24.3 Å². The van der Waals surface area contributed by atoms with Gasteiger partial charge in [0.25, 0.3) is 0 Å². The van der Waals surface area contributed by atoms with Crippen LogP contribution in [0.2, 0.25) is 0 Å². The molecule has 1 unspecified atom stereocenters. The number of anilines is 1. The zero-order valence-corrected chi connectivity index (χ0v) is 19.9. The standard InChI is InChI=1S/C23H24BrN3O4S/c1-32(29,30)27(24)17-8-6-16(7-9-17)23(28)15-25-12-13-31-18-10-11-20-19-4-2-3-5-21(19)26-22(20)14-18/h2-11,14,23,25-26,28H,12-13,15H2,1H3. The fourth-order valence-corrected chi connectivity index (χ4v) is 4.27. The summed E-state index contributed by atoms with van der Waals surface area (Å²) < 4.78 is 30.0. The van der Waals surface area contributed by atoms with E-state index >= 15 is 0 Å². The van der Waals surface area contributed by atoms with Crippen LogP contribution in [0, 0.1) is 0 Å². The van der Waals surface area contributed by atoms with Gasteiger partial charge in [0, 0.05) is 35.4 Å². The lowest BCUT2D eigenvalue weighted by Crippen LogP contribution is -2.26. The largest absolute Gasteiger partial charge is 0.492 e. The highest BCUT2D eigenvalue weighted by atomic mass is 79.9. The van der Waals surface area contributed by atoms with Gasteiger partial charge in [-0.2, -0.15) is 0 Å². The maximum atomic E-state index is 11.6. The van der Waals surface area contributed by atoms with Crippen molar-refractivity contribution in [2.75, 3.05) is 29.3 Å². The lowest BCUT2D eigenvalue weighted by atomic mass is 10.1. The summed E-state index contributed by atoms with van der Waals surface area (Å²) in [5, 5.41) is 15.9. The van der Waals surface area contributed by atoms with Crippen molar-refractivity contribution in [3.8, 4) is 5.75 Å². The molecule has 0 aliphatic rings. The van der Waals surface area contributed by atoms with Crippen molar-refractivity contribution in [2.45, 2.75) is 6.10 Å². The first-order valence-corrected chi connectivity index (χ1v) is 12.7. The Hall–Kier alpha value is -2.59. The van der Waals surface area contributed by atoms with Gasteiger partial charge in [-0.3, -0.25) is 0 Å². The van der Waals surface area contributed by atoms with Crippen LogP contribution >= 0.6 is 16.1 Å². The van der Waals surface area contributed by atoms with E-state index in [0.29, 0.717) is 30.9 Å². The molecule has 0 aliphatic carbocycles. The Labute approximate surface area is 195 Å². The number of aromatic amines is 1. The number of aliphatic hydroxyl groups excluding tert-OH is 1. The molecule has 3 aromatic carbocycles. The monoisotopic (exact) mass is 517 g/mol. The van der Waals surface area contributed by atoms with E-state index in [1.165, 1.54) is 10.8 Å². The third-order valence-electron chi connectivity index (χ3n) is 5.13. The number of hydrogen-bond donors (Lipinski definition) is 3. The smallest absolute Gasteiger partial charge is 0.241 e. The summed E-state index contributed by atoms with van der Waals surface area (Å²) in [5.74, 6) is 0.784.